The van der Waals surface area contributed by atoms with Gasteiger partial charge in [-0.25, -0.2) is 8.42 Å². The van der Waals surface area contributed by atoms with Crippen molar-refractivity contribution in [1.29, 1.82) is 0 Å². The third-order valence-electron chi connectivity index (χ3n) is 2.76. The lowest BCUT2D eigenvalue weighted by molar-refractivity contribution is 0.135. The number of hydrogen-bond acceptors (Lipinski definition) is 3. The summed E-state index contributed by atoms with van der Waals surface area (Å²) >= 11 is 5.69. The number of halogens is 1. The number of rotatable bonds is 8. The van der Waals surface area contributed by atoms with E-state index in [0.717, 1.165) is 5.56 Å². The van der Waals surface area contributed by atoms with Crippen molar-refractivity contribution in [2.75, 3.05) is 26.3 Å². The molecular formula is C13H20ClNO3S. The average Bonchev–Trinajstić information content (AvgIpc) is 2.43. The topological polar surface area (TPSA) is 46.6 Å². The second-order valence-electron chi connectivity index (χ2n) is 3.97. The zero-order chi connectivity index (χ0) is 14.3. The molecule has 1 aromatic carbocycles. The maximum Gasteiger partial charge on any atom is 0.243 e. The SMILES string of the molecule is CCOCCN(CC)S(=O)(=O)c1ccc(CCl)cc1. The van der Waals surface area contributed by atoms with Crippen LogP contribution in [0.1, 0.15) is 19.4 Å². The van der Waals surface area contributed by atoms with Crippen LogP contribution in [0, 0.1) is 0 Å². The van der Waals surface area contributed by atoms with Gasteiger partial charge in [-0.2, -0.15) is 4.31 Å². The van der Waals surface area contributed by atoms with Gasteiger partial charge in [-0.3, -0.25) is 0 Å². The molecule has 6 heteroatoms. The van der Waals surface area contributed by atoms with Crippen LogP contribution >= 0.6 is 11.6 Å². The lowest BCUT2D eigenvalue weighted by atomic mass is 10.2. The van der Waals surface area contributed by atoms with Gasteiger partial charge in [0.25, 0.3) is 0 Å². The average molecular weight is 306 g/mol. The van der Waals surface area contributed by atoms with Gasteiger partial charge in [0.1, 0.15) is 0 Å². The molecule has 0 spiro atoms. The molecule has 0 amide bonds. The highest BCUT2D eigenvalue weighted by molar-refractivity contribution is 7.89. The summed E-state index contributed by atoms with van der Waals surface area (Å²) in [5.74, 6) is 0.377. The van der Waals surface area contributed by atoms with E-state index in [4.69, 9.17) is 16.3 Å². The molecule has 0 fully saturated rings. The highest BCUT2D eigenvalue weighted by Crippen LogP contribution is 2.17. The summed E-state index contributed by atoms with van der Waals surface area (Å²) in [6, 6.07) is 6.65. The fourth-order valence-electron chi connectivity index (χ4n) is 1.66. The highest BCUT2D eigenvalue weighted by Gasteiger charge is 2.22. The summed E-state index contributed by atoms with van der Waals surface area (Å²) in [4.78, 5) is 0.291. The number of alkyl halides is 1. The van der Waals surface area contributed by atoms with E-state index in [9.17, 15) is 8.42 Å². The van der Waals surface area contributed by atoms with E-state index in [2.05, 4.69) is 0 Å². The Balaban J connectivity index is 2.86. The van der Waals surface area contributed by atoms with Gasteiger partial charge >= 0.3 is 0 Å². The third kappa shape index (κ3) is 4.45. The molecule has 0 saturated carbocycles. The Labute approximate surface area is 120 Å². The summed E-state index contributed by atoms with van der Waals surface area (Å²) in [5, 5.41) is 0. The van der Waals surface area contributed by atoms with Crippen LogP contribution in [0.5, 0.6) is 0 Å². The summed E-state index contributed by atoms with van der Waals surface area (Å²) in [7, 11) is -3.45. The summed E-state index contributed by atoms with van der Waals surface area (Å²) in [5.41, 5.74) is 0.901. The minimum atomic E-state index is -3.45. The predicted octanol–water partition coefficient (Wildman–Crippen LogP) is 2.47. The molecule has 19 heavy (non-hydrogen) atoms. The Kier molecular flexibility index (Phi) is 6.79. The fraction of sp³-hybridized carbons (Fsp3) is 0.538. The number of benzene rings is 1. The molecule has 0 aromatic heterocycles. The minimum absolute atomic E-state index is 0.291. The lowest BCUT2D eigenvalue weighted by Gasteiger charge is -2.20. The smallest absolute Gasteiger partial charge is 0.243 e. The molecule has 0 radical (unpaired) electrons. The Hall–Kier alpha value is -0.620. The van der Waals surface area contributed by atoms with Crippen molar-refractivity contribution in [2.45, 2.75) is 24.6 Å². The Morgan fingerprint density at radius 2 is 1.84 bits per heavy atom. The van der Waals surface area contributed by atoms with Crippen LogP contribution in [0.3, 0.4) is 0 Å². The van der Waals surface area contributed by atoms with Crippen LogP contribution in [0.25, 0.3) is 0 Å². The molecular weight excluding hydrogens is 286 g/mol. The van der Waals surface area contributed by atoms with Crippen molar-refractivity contribution in [2.24, 2.45) is 0 Å². The van der Waals surface area contributed by atoms with E-state index in [1.165, 1.54) is 4.31 Å². The fourth-order valence-corrected chi connectivity index (χ4v) is 3.27. The number of likely N-dealkylation sites (N-methyl/N-ethyl adjacent to an activating group) is 1. The molecule has 1 rings (SSSR count). The van der Waals surface area contributed by atoms with E-state index < -0.39 is 10.0 Å². The molecule has 0 aliphatic heterocycles. The Bertz CT molecular complexity index is 473. The van der Waals surface area contributed by atoms with Gasteiger partial charge in [-0.15, -0.1) is 11.6 Å². The van der Waals surface area contributed by atoms with Gasteiger partial charge in [-0.1, -0.05) is 19.1 Å². The van der Waals surface area contributed by atoms with E-state index in [1.54, 1.807) is 24.3 Å². The van der Waals surface area contributed by atoms with E-state index in [0.29, 0.717) is 37.1 Å². The van der Waals surface area contributed by atoms with Gasteiger partial charge < -0.3 is 4.74 Å². The van der Waals surface area contributed by atoms with Gasteiger partial charge in [0.05, 0.1) is 11.5 Å². The summed E-state index contributed by atoms with van der Waals surface area (Å²) in [6.07, 6.45) is 0. The van der Waals surface area contributed by atoms with Crippen molar-refractivity contribution in [3.05, 3.63) is 29.8 Å². The molecule has 0 aliphatic rings. The first-order valence-electron chi connectivity index (χ1n) is 6.29. The Morgan fingerprint density at radius 3 is 2.32 bits per heavy atom. The van der Waals surface area contributed by atoms with Gasteiger partial charge in [0, 0.05) is 25.6 Å². The van der Waals surface area contributed by atoms with Crippen LogP contribution in [-0.2, 0) is 20.6 Å². The second-order valence-corrected chi connectivity index (χ2v) is 6.18. The first-order chi connectivity index (χ1) is 9.06. The Morgan fingerprint density at radius 1 is 1.21 bits per heavy atom. The first kappa shape index (κ1) is 16.4. The molecule has 0 bridgehead atoms. The quantitative estimate of drug-likeness (QED) is 0.547. The number of nitrogens with zero attached hydrogens (tertiary/aromatic N) is 1. The van der Waals surface area contributed by atoms with Crippen molar-refractivity contribution >= 4 is 21.6 Å². The van der Waals surface area contributed by atoms with Crippen molar-refractivity contribution < 1.29 is 13.2 Å². The molecule has 0 heterocycles. The molecule has 1 aromatic rings. The summed E-state index contributed by atoms with van der Waals surface area (Å²) in [6.45, 7) is 5.48. The van der Waals surface area contributed by atoms with Gasteiger partial charge in [0.2, 0.25) is 10.0 Å². The monoisotopic (exact) mass is 305 g/mol. The standard InChI is InChI=1S/C13H20ClNO3S/c1-3-15(9-10-18-4-2)19(16,17)13-7-5-12(11-14)6-8-13/h5-8H,3-4,9-11H2,1-2H3. The van der Waals surface area contributed by atoms with Crippen LogP contribution in [0.15, 0.2) is 29.2 Å². The van der Waals surface area contributed by atoms with Crippen LogP contribution < -0.4 is 0 Å². The summed E-state index contributed by atoms with van der Waals surface area (Å²) < 4.78 is 31.4. The largest absolute Gasteiger partial charge is 0.380 e. The number of sulfonamides is 1. The van der Waals surface area contributed by atoms with Crippen LogP contribution in [0.2, 0.25) is 0 Å². The van der Waals surface area contributed by atoms with Gasteiger partial charge in [0.15, 0.2) is 0 Å². The highest BCUT2D eigenvalue weighted by atomic mass is 35.5. The zero-order valence-corrected chi connectivity index (χ0v) is 12.9. The van der Waals surface area contributed by atoms with Crippen molar-refractivity contribution in [3.63, 3.8) is 0 Å². The predicted molar refractivity (Wildman–Crippen MR) is 76.9 cm³/mol. The van der Waals surface area contributed by atoms with E-state index in [1.807, 2.05) is 13.8 Å². The van der Waals surface area contributed by atoms with Gasteiger partial charge in [-0.05, 0) is 24.6 Å². The molecule has 4 nitrogen and oxygen atoms in total. The first-order valence-corrected chi connectivity index (χ1v) is 8.26. The van der Waals surface area contributed by atoms with E-state index in [-0.39, 0.29) is 0 Å². The number of hydrogen-bond donors (Lipinski definition) is 0. The van der Waals surface area contributed by atoms with Crippen molar-refractivity contribution in [3.8, 4) is 0 Å². The minimum Gasteiger partial charge on any atom is -0.380 e. The zero-order valence-electron chi connectivity index (χ0n) is 11.3. The molecule has 0 unspecified atom stereocenters. The maximum atomic E-state index is 12.4. The maximum absolute atomic E-state index is 12.4. The molecule has 108 valence electrons. The normalized spacial score (nSPS) is 12.0. The second kappa shape index (κ2) is 7.85. The molecule has 0 saturated heterocycles. The lowest BCUT2D eigenvalue weighted by Crippen LogP contribution is -2.33. The third-order valence-corrected chi connectivity index (χ3v) is 5.05. The molecule has 0 N–H and O–H groups in total. The van der Waals surface area contributed by atoms with E-state index >= 15 is 0 Å². The van der Waals surface area contributed by atoms with Crippen LogP contribution in [0.4, 0.5) is 0 Å². The number of ether oxygens (including phenoxy) is 1. The van der Waals surface area contributed by atoms with Crippen LogP contribution in [-0.4, -0.2) is 39.0 Å². The molecule has 0 atom stereocenters. The molecule has 0 aliphatic carbocycles. The van der Waals surface area contributed by atoms with Crippen molar-refractivity contribution in [1.82, 2.24) is 4.31 Å².